The van der Waals surface area contributed by atoms with E-state index in [1.807, 2.05) is 0 Å². The normalized spacial score (nSPS) is 17.7. The molecule has 0 atom stereocenters. The van der Waals surface area contributed by atoms with Gasteiger partial charge in [-0.25, -0.2) is 0 Å². The van der Waals surface area contributed by atoms with Crippen molar-refractivity contribution in [3.63, 3.8) is 0 Å². The Balaban J connectivity index is 2.09. The Kier molecular flexibility index (Phi) is 3.49. The molecule has 0 amide bonds. The van der Waals surface area contributed by atoms with Crippen LogP contribution in [-0.4, -0.2) is 18.0 Å². The van der Waals surface area contributed by atoms with Gasteiger partial charge in [-0.05, 0) is 44.3 Å². The molecular weight excluding hydrogens is 202 g/mol. The van der Waals surface area contributed by atoms with E-state index in [9.17, 15) is 0 Å². The van der Waals surface area contributed by atoms with Gasteiger partial charge in [0.2, 0.25) is 0 Å². The highest BCUT2D eigenvalue weighted by molar-refractivity contribution is 7.80. The lowest BCUT2D eigenvalue weighted by atomic mass is 9.90. The number of benzene rings is 1. The zero-order valence-electron chi connectivity index (χ0n) is 9.12. The minimum Gasteiger partial charge on any atom is -0.317 e. The van der Waals surface area contributed by atoms with Gasteiger partial charge in [0.25, 0.3) is 0 Å². The van der Waals surface area contributed by atoms with Gasteiger partial charge in [-0.15, -0.1) is 0 Å². The van der Waals surface area contributed by atoms with Crippen LogP contribution in [0.4, 0.5) is 0 Å². The van der Waals surface area contributed by atoms with Gasteiger partial charge in [-0.2, -0.15) is 0 Å². The third-order valence-electron chi connectivity index (χ3n) is 3.05. The Labute approximate surface area is 96.9 Å². The van der Waals surface area contributed by atoms with Gasteiger partial charge in [-0.1, -0.05) is 42.0 Å². The van der Waals surface area contributed by atoms with Crippen molar-refractivity contribution < 1.29 is 0 Å². The van der Waals surface area contributed by atoms with E-state index < -0.39 is 0 Å². The summed E-state index contributed by atoms with van der Waals surface area (Å²) in [4.78, 5) is 1.15. The largest absolute Gasteiger partial charge is 0.317 e. The van der Waals surface area contributed by atoms with Crippen LogP contribution < -0.4 is 5.32 Å². The van der Waals surface area contributed by atoms with Gasteiger partial charge in [0, 0.05) is 4.86 Å². The molecule has 1 heterocycles. The molecule has 1 saturated heterocycles. The van der Waals surface area contributed by atoms with E-state index >= 15 is 0 Å². The lowest BCUT2D eigenvalue weighted by Crippen LogP contribution is -2.31. The van der Waals surface area contributed by atoms with Crippen LogP contribution in [0, 0.1) is 12.8 Å². The molecule has 0 saturated carbocycles. The van der Waals surface area contributed by atoms with Crippen LogP contribution in [0.1, 0.15) is 24.0 Å². The van der Waals surface area contributed by atoms with E-state index in [4.69, 9.17) is 12.2 Å². The van der Waals surface area contributed by atoms with E-state index in [2.05, 4.69) is 36.5 Å². The Morgan fingerprint density at radius 3 is 2.40 bits per heavy atom. The summed E-state index contributed by atoms with van der Waals surface area (Å²) in [5, 5.41) is 3.37. The molecule has 1 aromatic carbocycles. The van der Waals surface area contributed by atoms with Crippen molar-refractivity contribution >= 4 is 17.1 Å². The van der Waals surface area contributed by atoms with Crippen molar-refractivity contribution in [3.8, 4) is 0 Å². The van der Waals surface area contributed by atoms with Gasteiger partial charge < -0.3 is 5.32 Å². The summed E-state index contributed by atoms with van der Waals surface area (Å²) in [5.41, 5.74) is 2.54. The molecule has 0 aromatic heterocycles. The fourth-order valence-corrected chi connectivity index (χ4v) is 2.41. The van der Waals surface area contributed by atoms with E-state index in [1.165, 1.54) is 24.0 Å². The first-order valence-corrected chi connectivity index (χ1v) is 6.00. The molecule has 1 aromatic rings. The maximum absolute atomic E-state index is 5.56. The highest BCUT2D eigenvalue weighted by atomic mass is 32.1. The molecular formula is C13H17NS. The lowest BCUT2D eigenvalue weighted by Gasteiger charge is -2.23. The summed E-state index contributed by atoms with van der Waals surface area (Å²) >= 11 is 5.56. The van der Waals surface area contributed by atoms with Crippen molar-refractivity contribution in [2.45, 2.75) is 19.8 Å². The Hall–Kier alpha value is -0.730. The van der Waals surface area contributed by atoms with E-state index in [-0.39, 0.29) is 0 Å². The van der Waals surface area contributed by atoms with Gasteiger partial charge in [0.05, 0.1) is 0 Å². The Morgan fingerprint density at radius 2 is 1.80 bits per heavy atom. The maximum atomic E-state index is 5.56. The third kappa shape index (κ3) is 2.64. The molecule has 2 rings (SSSR count). The summed E-state index contributed by atoms with van der Waals surface area (Å²) in [6, 6.07) is 8.59. The summed E-state index contributed by atoms with van der Waals surface area (Å²) in [5.74, 6) is 0.601. The zero-order chi connectivity index (χ0) is 10.7. The molecule has 0 spiro atoms. The van der Waals surface area contributed by atoms with Gasteiger partial charge in [-0.3, -0.25) is 0 Å². The second kappa shape index (κ2) is 4.86. The first kappa shape index (κ1) is 10.8. The molecule has 80 valence electrons. The van der Waals surface area contributed by atoms with E-state index in [1.54, 1.807) is 0 Å². The van der Waals surface area contributed by atoms with Gasteiger partial charge in [0.1, 0.15) is 0 Å². The van der Waals surface area contributed by atoms with Gasteiger partial charge >= 0.3 is 0 Å². The summed E-state index contributed by atoms with van der Waals surface area (Å²) in [6.07, 6.45) is 2.37. The number of rotatable bonds is 2. The molecule has 1 aliphatic rings. The fourth-order valence-electron chi connectivity index (χ4n) is 2.04. The predicted octanol–water partition coefficient (Wildman–Crippen LogP) is 2.71. The summed E-state index contributed by atoms with van der Waals surface area (Å²) in [6.45, 7) is 4.32. The van der Waals surface area contributed by atoms with E-state index in [0.717, 1.165) is 18.0 Å². The predicted molar refractivity (Wildman–Crippen MR) is 68.5 cm³/mol. The molecule has 0 aliphatic carbocycles. The fraction of sp³-hybridized carbons (Fsp3) is 0.462. The standard InChI is InChI=1S/C13H17NS/c1-10-2-4-11(5-3-10)13(15)12-6-8-14-9-7-12/h2-5,12,14H,6-9H2,1H3. The van der Waals surface area contributed by atoms with Crippen molar-refractivity contribution in [3.05, 3.63) is 35.4 Å². The number of hydrogen-bond donors (Lipinski definition) is 1. The van der Waals surface area contributed by atoms with Crippen molar-refractivity contribution in [1.82, 2.24) is 5.32 Å². The molecule has 0 radical (unpaired) electrons. The Bertz CT molecular complexity index is 336. The topological polar surface area (TPSA) is 12.0 Å². The molecule has 0 unspecified atom stereocenters. The molecule has 1 fully saturated rings. The SMILES string of the molecule is Cc1ccc(C(=S)C2CCNCC2)cc1. The molecule has 1 N–H and O–H groups in total. The monoisotopic (exact) mass is 219 g/mol. The number of nitrogens with one attached hydrogen (secondary N) is 1. The van der Waals surface area contributed by atoms with Crippen molar-refractivity contribution in [1.29, 1.82) is 0 Å². The maximum Gasteiger partial charge on any atom is 0.0256 e. The van der Waals surface area contributed by atoms with Crippen LogP contribution in [0.3, 0.4) is 0 Å². The molecule has 1 aliphatic heterocycles. The summed E-state index contributed by atoms with van der Waals surface area (Å²) < 4.78 is 0. The highest BCUT2D eigenvalue weighted by Gasteiger charge is 2.18. The molecule has 15 heavy (non-hydrogen) atoms. The van der Waals surface area contributed by atoms with Crippen molar-refractivity contribution in [2.75, 3.05) is 13.1 Å². The number of aryl methyl sites for hydroxylation is 1. The minimum atomic E-state index is 0.601. The second-order valence-electron chi connectivity index (χ2n) is 4.25. The van der Waals surface area contributed by atoms with Crippen molar-refractivity contribution in [2.24, 2.45) is 5.92 Å². The van der Waals surface area contributed by atoms with Crippen LogP contribution >= 0.6 is 12.2 Å². The first-order chi connectivity index (χ1) is 7.27. The summed E-state index contributed by atoms with van der Waals surface area (Å²) in [7, 11) is 0. The van der Waals surface area contributed by atoms with Crippen LogP contribution in [-0.2, 0) is 0 Å². The quantitative estimate of drug-likeness (QED) is 0.606. The van der Waals surface area contributed by atoms with Crippen LogP contribution in [0.2, 0.25) is 0 Å². The van der Waals surface area contributed by atoms with Crippen LogP contribution in [0.15, 0.2) is 24.3 Å². The zero-order valence-corrected chi connectivity index (χ0v) is 9.94. The molecule has 0 bridgehead atoms. The number of thiocarbonyl (C=S) groups is 1. The lowest BCUT2D eigenvalue weighted by molar-refractivity contribution is 0.460. The number of hydrogen-bond acceptors (Lipinski definition) is 2. The van der Waals surface area contributed by atoms with Crippen LogP contribution in [0.25, 0.3) is 0 Å². The Morgan fingerprint density at radius 1 is 1.20 bits per heavy atom. The minimum absolute atomic E-state index is 0.601. The number of piperidine rings is 1. The molecule has 1 nitrogen and oxygen atoms in total. The third-order valence-corrected chi connectivity index (χ3v) is 3.62. The highest BCUT2D eigenvalue weighted by Crippen LogP contribution is 2.19. The first-order valence-electron chi connectivity index (χ1n) is 5.59. The van der Waals surface area contributed by atoms with E-state index in [0.29, 0.717) is 5.92 Å². The smallest absolute Gasteiger partial charge is 0.0256 e. The second-order valence-corrected chi connectivity index (χ2v) is 4.69. The molecule has 2 heteroatoms. The average Bonchev–Trinajstić information content (AvgIpc) is 2.30. The average molecular weight is 219 g/mol. The van der Waals surface area contributed by atoms with Gasteiger partial charge in [0.15, 0.2) is 0 Å². The van der Waals surface area contributed by atoms with Crippen LogP contribution in [0.5, 0.6) is 0 Å².